The van der Waals surface area contributed by atoms with Crippen LogP contribution >= 0.6 is 0 Å². The van der Waals surface area contributed by atoms with Gasteiger partial charge >= 0.3 is 5.97 Å². The van der Waals surface area contributed by atoms with Crippen molar-refractivity contribution in [3.8, 4) is 0 Å². The van der Waals surface area contributed by atoms with E-state index in [1.165, 1.54) is 38.4 Å². The lowest BCUT2D eigenvalue weighted by atomic mass is 10.1. The fraction of sp³-hybridized carbons (Fsp3) is 0.263. The number of hydrogen-bond donors (Lipinski definition) is 1. The zero-order chi connectivity index (χ0) is 20.9. The largest absolute Gasteiger partial charge is 0.452 e. The topological polar surface area (TPSA) is 102 Å². The molecule has 0 atom stereocenters. The molecule has 0 fully saturated rings. The number of sulfonamides is 1. The van der Waals surface area contributed by atoms with Crippen LogP contribution in [0.3, 0.4) is 0 Å². The molecule has 28 heavy (non-hydrogen) atoms. The summed E-state index contributed by atoms with van der Waals surface area (Å²) >= 11 is 0. The summed E-state index contributed by atoms with van der Waals surface area (Å²) < 4.78 is 29.9. The van der Waals surface area contributed by atoms with E-state index in [1.807, 2.05) is 26.0 Å². The summed E-state index contributed by atoms with van der Waals surface area (Å²) in [7, 11) is -1.32. The van der Waals surface area contributed by atoms with Crippen molar-refractivity contribution in [2.75, 3.05) is 26.1 Å². The van der Waals surface area contributed by atoms with Gasteiger partial charge in [-0.25, -0.2) is 13.2 Å². The summed E-state index contributed by atoms with van der Waals surface area (Å²) in [6.07, 6.45) is 0. The molecule has 0 saturated heterocycles. The van der Waals surface area contributed by atoms with Crippen molar-refractivity contribution < 1.29 is 27.6 Å². The first-order valence-electron chi connectivity index (χ1n) is 8.32. The van der Waals surface area contributed by atoms with Gasteiger partial charge in [0.25, 0.3) is 15.9 Å². The number of anilines is 1. The van der Waals surface area contributed by atoms with Crippen LogP contribution in [0.15, 0.2) is 47.4 Å². The van der Waals surface area contributed by atoms with Gasteiger partial charge in [0.1, 0.15) is 0 Å². The number of carbonyl (C=O) groups excluding carboxylic acids is 2. The highest BCUT2D eigenvalue weighted by Gasteiger charge is 2.21. The molecule has 2 aromatic rings. The first-order valence-corrected chi connectivity index (χ1v) is 9.76. The molecule has 0 spiro atoms. The lowest BCUT2D eigenvalue weighted by Crippen LogP contribution is -2.25. The lowest BCUT2D eigenvalue weighted by molar-refractivity contribution is -0.119. The van der Waals surface area contributed by atoms with Crippen LogP contribution in [0.4, 0.5) is 5.69 Å². The Kier molecular flexibility index (Phi) is 6.90. The molecule has 150 valence electrons. The SMILES string of the molecule is CON(C)S(=O)(=O)c1ccc(C(=O)OCC(=O)Nc2ccc(C)c(C)c2)cc1. The minimum atomic E-state index is -3.80. The fourth-order valence-corrected chi connectivity index (χ4v) is 3.21. The van der Waals surface area contributed by atoms with Crippen molar-refractivity contribution in [3.05, 3.63) is 59.2 Å². The molecule has 1 amide bonds. The average molecular weight is 406 g/mol. The van der Waals surface area contributed by atoms with E-state index in [-0.39, 0.29) is 10.5 Å². The third-order valence-corrected chi connectivity index (χ3v) is 5.80. The zero-order valence-corrected chi connectivity index (χ0v) is 16.9. The first kappa shape index (κ1) is 21.5. The molecular formula is C19H22N2O6S. The fourth-order valence-electron chi connectivity index (χ4n) is 2.24. The molecule has 0 aromatic heterocycles. The molecule has 0 aliphatic heterocycles. The summed E-state index contributed by atoms with van der Waals surface area (Å²) in [6.45, 7) is 3.43. The molecule has 0 bridgehead atoms. The van der Waals surface area contributed by atoms with Crippen molar-refractivity contribution in [1.29, 1.82) is 0 Å². The van der Waals surface area contributed by atoms with Crippen LogP contribution in [-0.2, 0) is 24.4 Å². The summed E-state index contributed by atoms with van der Waals surface area (Å²) in [5.41, 5.74) is 2.87. The summed E-state index contributed by atoms with van der Waals surface area (Å²) in [6, 6.07) is 10.6. The summed E-state index contributed by atoms with van der Waals surface area (Å²) in [4.78, 5) is 28.7. The van der Waals surface area contributed by atoms with Crippen molar-refractivity contribution in [1.82, 2.24) is 4.47 Å². The molecule has 1 N–H and O–H groups in total. The Morgan fingerprint density at radius 1 is 1.04 bits per heavy atom. The predicted octanol–water partition coefficient (Wildman–Crippen LogP) is 2.28. The van der Waals surface area contributed by atoms with Crippen molar-refractivity contribution in [2.45, 2.75) is 18.7 Å². The number of rotatable bonds is 7. The Balaban J connectivity index is 1.95. The van der Waals surface area contributed by atoms with Gasteiger partial charge in [0, 0.05) is 12.7 Å². The molecule has 0 aliphatic rings. The third kappa shape index (κ3) is 5.16. The van der Waals surface area contributed by atoms with Crippen molar-refractivity contribution in [3.63, 3.8) is 0 Å². The highest BCUT2D eigenvalue weighted by atomic mass is 32.2. The highest BCUT2D eigenvalue weighted by Crippen LogP contribution is 2.16. The Morgan fingerprint density at radius 2 is 1.68 bits per heavy atom. The number of benzene rings is 2. The molecule has 0 heterocycles. The molecule has 2 aromatic carbocycles. The second kappa shape index (κ2) is 8.96. The van der Waals surface area contributed by atoms with Crippen LogP contribution in [-0.4, -0.2) is 45.5 Å². The Labute approximate surface area is 164 Å². The summed E-state index contributed by atoms with van der Waals surface area (Å²) in [5.74, 6) is -1.21. The molecule has 0 unspecified atom stereocenters. The van der Waals surface area contributed by atoms with E-state index in [1.54, 1.807) is 6.07 Å². The predicted molar refractivity (Wildman–Crippen MR) is 103 cm³/mol. The molecular weight excluding hydrogens is 384 g/mol. The van der Waals surface area contributed by atoms with E-state index in [2.05, 4.69) is 10.2 Å². The van der Waals surface area contributed by atoms with E-state index >= 15 is 0 Å². The standard InChI is InChI=1S/C19H22N2O6S/c1-13-5-8-16(11-14(13)2)20-18(22)12-27-19(23)15-6-9-17(10-7-15)28(24,25)21(3)26-4/h5-11H,12H2,1-4H3,(H,20,22). The van der Waals surface area contributed by atoms with Crippen LogP contribution in [0, 0.1) is 13.8 Å². The average Bonchev–Trinajstić information content (AvgIpc) is 2.68. The number of carbonyl (C=O) groups is 2. The van der Waals surface area contributed by atoms with Gasteiger partial charge in [-0.2, -0.15) is 0 Å². The number of aryl methyl sites for hydroxylation is 2. The van der Waals surface area contributed by atoms with Gasteiger partial charge in [-0.3, -0.25) is 9.63 Å². The minimum absolute atomic E-state index is 0.0408. The maximum Gasteiger partial charge on any atom is 0.338 e. The maximum atomic E-state index is 12.1. The normalized spacial score (nSPS) is 11.3. The second-order valence-corrected chi connectivity index (χ2v) is 7.98. The molecule has 0 aliphatic carbocycles. The van der Waals surface area contributed by atoms with Crippen LogP contribution < -0.4 is 5.32 Å². The minimum Gasteiger partial charge on any atom is -0.452 e. The van der Waals surface area contributed by atoms with E-state index < -0.39 is 28.5 Å². The number of ether oxygens (including phenoxy) is 1. The van der Waals surface area contributed by atoms with Crippen LogP contribution in [0.2, 0.25) is 0 Å². The second-order valence-electron chi connectivity index (χ2n) is 6.05. The number of nitrogens with zero attached hydrogens (tertiary/aromatic N) is 1. The molecule has 0 saturated carbocycles. The van der Waals surface area contributed by atoms with Gasteiger partial charge in [-0.1, -0.05) is 10.5 Å². The number of esters is 1. The van der Waals surface area contributed by atoms with E-state index in [4.69, 9.17) is 4.74 Å². The number of hydroxylamine groups is 1. The Morgan fingerprint density at radius 3 is 2.25 bits per heavy atom. The van der Waals surface area contributed by atoms with Crippen LogP contribution in [0.1, 0.15) is 21.5 Å². The molecule has 2 rings (SSSR count). The van der Waals surface area contributed by atoms with Crippen molar-refractivity contribution in [2.24, 2.45) is 0 Å². The van der Waals surface area contributed by atoms with Gasteiger partial charge in [0.05, 0.1) is 17.6 Å². The Bertz CT molecular complexity index is 970. The quantitative estimate of drug-likeness (QED) is 0.559. The Hall–Kier alpha value is -2.75. The maximum absolute atomic E-state index is 12.1. The van der Waals surface area contributed by atoms with E-state index in [0.717, 1.165) is 11.1 Å². The monoisotopic (exact) mass is 406 g/mol. The van der Waals surface area contributed by atoms with Crippen LogP contribution in [0.25, 0.3) is 0 Å². The van der Waals surface area contributed by atoms with Gasteiger partial charge in [-0.05, 0) is 61.4 Å². The van der Waals surface area contributed by atoms with Gasteiger partial charge in [-0.15, -0.1) is 0 Å². The van der Waals surface area contributed by atoms with E-state index in [0.29, 0.717) is 10.2 Å². The third-order valence-electron chi connectivity index (χ3n) is 4.11. The first-order chi connectivity index (χ1) is 13.1. The van der Waals surface area contributed by atoms with Gasteiger partial charge < -0.3 is 10.1 Å². The van der Waals surface area contributed by atoms with E-state index in [9.17, 15) is 18.0 Å². The van der Waals surface area contributed by atoms with Crippen LogP contribution in [0.5, 0.6) is 0 Å². The van der Waals surface area contributed by atoms with Gasteiger partial charge in [0.2, 0.25) is 0 Å². The smallest absolute Gasteiger partial charge is 0.338 e. The van der Waals surface area contributed by atoms with Crippen molar-refractivity contribution >= 4 is 27.6 Å². The van der Waals surface area contributed by atoms with Gasteiger partial charge in [0.15, 0.2) is 6.61 Å². The summed E-state index contributed by atoms with van der Waals surface area (Å²) in [5, 5.41) is 2.65. The highest BCUT2D eigenvalue weighted by molar-refractivity contribution is 7.89. The molecule has 9 heteroatoms. The zero-order valence-electron chi connectivity index (χ0n) is 16.1. The molecule has 8 nitrogen and oxygen atoms in total. The number of hydrogen-bond acceptors (Lipinski definition) is 6. The lowest BCUT2D eigenvalue weighted by Gasteiger charge is -2.14. The number of nitrogens with one attached hydrogen (secondary N) is 1. The number of amides is 1. The molecule has 0 radical (unpaired) electrons.